The smallest absolute Gasteiger partial charge is 0.250 e. The number of hydrogen-bond acceptors (Lipinski definition) is 2. The molecule has 0 unspecified atom stereocenters. The fourth-order valence-electron chi connectivity index (χ4n) is 3.48. The molecule has 0 amide bonds. The van der Waals surface area contributed by atoms with Crippen LogP contribution in [0.15, 0.2) is 94.8 Å². The van der Waals surface area contributed by atoms with E-state index in [1.807, 2.05) is 24.4 Å². The number of hydrogen-bond donors (Lipinski definition) is 2. The highest BCUT2D eigenvalue weighted by Crippen LogP contribution is 2.23. The number of unbranched alkanes of at least 4 members (excludes halogenated alkanes) is 1. The minimum Gasteiger partial charge on any atom is -0.356 e. The average Bonchev–Trinajstić information content (AvgIpc) is 2.80. The monoisotopic (exact) mass is 530 g/mol. The van der Waals surface area contributed by atoms with Crippen molar-refractivity contribution >= 4 is 29.9 Å². The topological polar surface area (TPSA) is 58.4 Å². The first-order valence-corrected chi connectivity index (χ1v) is 10.5. The maximum atomic E-state index is 11.7. The van der Waals surface area contributed by atoms with Crippen molar-refractivity contribution in [2.45, 2.75) is 25.3 Å². The van der Waals surface area contributed by atoms with E-state index in [0.717, 1.165) is 38.4 Å². The first kappa shape index (κ1) is 24.7. The number of pyridine rings is 1. The van der Waals surface area contributed by atoms with E-state index in [4.69, 9.17) is 0 Å². The lowest BCUT2D eigenvalue weighted by atomic mass is 9.91. The molecule has 3 rings (SSSR count). The average molecular weight is 530 g/mol. The summed E-state index contributed by atoms with van der Waals surface area (Å²) >= 11 is 0. The lowest BCUT2D eigenvalue weighted by Crippen LogP contribution is -2.40. The predicted molar refractivity (Wildman–Crippen MR) is 139 cm³/mol. The minimum atomic E-state index is 0. The maximum absolute atomic E-state index is 11.7. The summed E-state index contributed by atoms with van der Waals surface area (Å²) in [6.45, 7) is 2.30. The summed E-state index contributed by atoms with van der Waals surface area (Å²) in [6.07, 6.45) is 3.73. The van der Waals surface area contributed by atoms with E-state index in [0.29, 0.717) is 0 Å². The third kappa shape index (κ3) is 7.86. The Balaban J connectivity index is 0.00000341. The van der Waals surface area contributed by atoms with Crippen LogP contribution in [0.5, 0.6) is 0 Å². The Morgan fingerprint density at radius 2 is 1.48 bits per heavy atom. The molecule has 1 aromatic heterocycles. The molecule has 5 nitrogen and oxygen atoms in total. The van der Waals surface area contributed by atoms with Crippen LogP contribution in [0.4, 0.5) is 0 Å². The highest BCUT2D eigenvalue weighted by molar-refractivity contribution is 14.0. The van der Waals surface area contributed by atoms with Gasteiger partial charge in [0.15, 0.2) is 5.96 Å². The highest BCUT2D eigenvalue weighted by atomic mass is 127. The molecule has 0 fully saturated rings. The summed E-state index contributed by atoms with van der Waals surface area (Å²) in [5, 5.41) is 6.85. The number of rotatable bonds is 9. The van der Waals surface area contributed by atoms with Crippen molar-refractivity contribution in [2.75, 3.05) is 20.1 Å². The molecule has 2 aromatic carbocycles. The molecule has 2 N–H and O–H groups in total. The van der Waals surface area contributed by atoms with Gasteiger partial charge in [0.1, 0.15) is 0 Å². The van der Waals surface area contributed by atoms with Gasteiger partial charge in [0.25, 0.3) is 0 Å². The van der Waals surface area contributed by atoms with E-state index in [9.17, 15) is 4.79 Å². The number of nitrogens with one attached hydrogen (secondary N) is 2. The van der Waals surface area contributed by atoms with Crippen molar-refractivity contribution in [3.05, 3.63) is 107 Å². The number of guanidine groups is 1. The minimum absolute atomic E-state index is 0. The fourth-order valence-corrected chi connectivity index (χ4v) is 3.48. The van der Waals surface area contributed by atoms with E-state index in [1.165, 1.54) is 11.1 Å². The Morgan fingerprint density at radius 1 is 0.871 bits per heavy atom. The molecule has 0 aliphatic carbocycles. The van der Waals surface area contributed by atoms with Gasteiger partial charge in [-0.25, -0.2) is 0 Å². The molecule has 0 atom stereocenters. The number of aryl methyl sites for hydroxylation is 1. The number of nitrogens with zero attached hydrogens (tertiary/aromatic N) is 2. The van der Waals surface area contributed by atoms with E-state index < -0.39 is 0 Å². The van der Waals surface area contributed by atoms with Gasteiger partial charge in [-0.2, -0.15) is 0 Å². The molecule has 0 radical (unpaired) electrons. The summed E-state index contributed by atoms with van der Waals surface area (Å²) in [4.78, 5) is 16.1. The second-order valence-electron chi connectivity index (χ2n) is 7.19. The van der Waals surface area contributed by atoms with Crippen molar-refractivity contribution in [2.24, 2.45) is 4.99 Å². The van der Waals surface area contributed by atoms with E-state index in [-0.39, 0.29) is 35.5 Å². The lowest BCUT2D eigenvalue weighted by molar-refractivity contribution is 0.585. The number of aromatic nitrogens is 1. The Bertz CT molecular complexity index is 934. The van der Waals surface area contributed by atoms with Crippen molar-refractivity contribution in [3.63, 3.8) is 0 Å². The molecule has 0 aliphatic rings. The first-order chi connectivity index (χ1) is 14.8. The lowest BCUT2D eigenvalue weighted by Gasteiger charge is -2.20. The van der Waals surface area contributed by atoms with E-state index >= 15 is 0 Å². The largest absolute Gasteiger partial charge is 0.356 e. The standard InChI is InChI=1S/C25H30N4O.HI/c1-26-25(27-17-9-11-19-29-18-10-8-16-24(29)30)28-20-23(21-12-4-2-5-13-21)22-14-6-3-7-15-22;/h2-8,10,12-16,18,23H,9,11,17,19-20H2,1H3,(H2,26,27,28);1H. The van der Waals surface area contributed by atoms with Crippen LogP contribution >= 0.6 is 24.0 Å². The van der Waals surface area contributed by atoms with Gasteiger partial charge in [0.05, 0.1) is 0 Å². The summed E-state index contributed by atoms with van der Waals surface area (Å²) in [5.41, 5.74) is 2.61. The summed E-state index contributed by atoms with van der Waals surface area (Å²) in [5.74, 6) is 1.04. The third-order valence-electron chi connectivity index (χ3n) is 5.12. The Kier molecular flexibility index (Phi) is 10.9. The van der Waals surface area contributed by atoms with Crippen LogP contribution in [0.25, 0.3) is 0 Å². The van der Waals surface area contributed by atoms with Crippen LogP contribution in [0.2, 0.25) is 0 Å². The van der Waals surface area contributed by atoms with Gasteiger partial charge < -0.3 is 15.2 Å². The van der Waals surface area contributed by atoms with E-state index in [1.54, 1.807) is 23.7 Å². The zero-order valence-electron chi connectivity index (χ0n) is 17.9. The first-order valence-electron chi connectivity index (χ1n) is 10.5. The molecule has 31 heavy (non-hydrogen) atoms. The molecular formula is C25H31IN4O. The normalized spacial score (nSPS) is 11.1. The number of halogens is 1. The van der Waals surface area contributed by atoms with Crippen LogP contribution in [0, 0.1) is 0 Å². The van der Waals surface area contributed by atoms with Crippen LogP contribution in [0.3, 0.4) is 0 Å². The molecular weight excluding hydrogens is 499 g/mol. The van der Waals surface area contributed by atoms with Crippen LogP contribution in [-0.4, -0.2) is 30.7 Å². The Morgan fingerprint density at radius 3 is 2.06 bits per heavy atom. The molecule has 0 bridgehead atoms. The van der Waals surface area contributed by atoms with Crippen LogP contribution < -0.4 is 16.2 Å². The van der Waals surface area contributed by atoms with Crippen molar-refractivity contribution in [3.8, 4) is 0 Å². The van der Waals surface area contributed by atoms with Gasteiger partial charge in [-0.15, -0.1) is 24.0 Å². The third-order valence-corrected chi connectivity index (χ3v) is 5.12. The van der Waals surface area contributed by atoms with Gasteiger partial charge in [0, 0.05) is 44.9 Å². The molecule has 164 valence electrons. The van der Waals surface area contributed by atoms with Crippen molar-refractivity contribution in [1.82, 2.24) is 15.2 Å². The van der Waals surface area contributed by atoms with Gasteiger partial charge in [0.2, 0.25) is 5.56 Å². The van der Waals surface area contributed by atoms with Gasteiger partial charge in [-0.1, -0.05) is 66.7 Å². The summed E-state index contributed by atoms with van der Waals surface area (Å²) in [6, 6.07) is 26.3. The van der Waals surface area contributed by atoms with Crippen molar-refractivity contribution in [1.29, 1.82) is 0 Å². The van der Waals surface area contributed by atoms with Gasteiger partial charge >= 0.3 is 0 Å². The molecule has 0 spiro atoms. The second-order valence-corrected chi connectivity index (χ2v) is 7.19. The Hall–Kier alpha value is -2.61. The SMILES string of the molecule is CN=C(NCCCCn1ccccc1=O)NCC(c1ccccc1)c1ccccc1.I. The van der Waals surface area contributed by atoms with Gasteiger partial charge in [-0.3, -0.25) is 9.79 Å². The molecule has 6 heteroatoms. The molecule has 1 heterocycles. The fraction of sp³-hybridized carbons (Fsp3) is 0.280. The zero-order chi connectivity index (χ0) is 21.0. The second kappa shape index (κ2) is 13.6. The quantitative estimate of drug-likeness (QED) is 0.188. The number of benzene rings is 2. The summed E-state index contributed by atoms with van der Waals surface area (Å²) in [7, 11) is 1.79. The maximum Gasteiger partial charge on any atom is 0.250 e. The molecule has 3 aromatic rings. The van der Waals surface area contributed by atoms with Crippen LogP contribution in [0.1, 0.15) is 29.9 Å². The van der Waals surface area contributed by atoms with Crippen LogP contribution in [-0.2, 0) is 6.54 Å². The van der Waals surface area contributed by atoms with E-state index in [2.05, 4.69) is 64.2 Å². The molecule has 0 saturated carbocycles. The Labute approximate surface area is 201 Å². The molecule has 0 aliphatic heterocycles. The summed E-state index contributed by atoms with van der Waals surface area (Å²) < 4.78 is 1.75. The highest BCUT2D eigenvalue weighted by Gasteiger charge is 2.14. The van der Waals surface area contributed by atoms with Gasteiger partial charge in [-0.05, 0) is 30.0 Å². The molecule has 0 saturated heterocycles. The van der Waals surface area contributed by atoms with Crippen molar-refractivity contribution < 1.29 is 0 Å². The zero-order valence-corrected chi connectivity index (χ0v) is 20.2. The predicted octanol–water partition coefficient (Wildman–Crippen LogP) is 4.24. The number of aliphatic imine (C=N–C) groups is 1.